The van der Waals surface area contributed by atoms with Crippen LogP contribution in [0.25, 0.3) is 10.9 Å². The molecule has 2 aliphatic carbocycles. The number of para-hydroxylation sites is 1. The Hall–Kier alpha value is -3.26. The zero-order valence-corrected chi connectivity index (χ0v) is 19.1. The fraction of sp³-hybridized carbons (Fsp3) is 0.360. The first kappa shape index (κ1) is 21.6. The first-order valence-corrected chi connectivity index (χ1v) is 12.2. The van der Waals surface area contributed by atoms with Crippen molar-refractivity contribution >= 4 is 45.0 Å². The molecule has 33 heavy (non-hydrogen) atoms. The highest BCUT2D eigenvalue weighted by atomic mass is 32.1. The largest absolute Gasteiger partial charge is 0.452 e. The summed E-state index contributed by atoms with van der Waals surface area (Å²) in [5.41, 5.74) is 10.0. The summed E-state index contributed by atoms with van der Waals surface area (Å²) >= 11 is 1.38. The van der Waals surface area contributed by atoms with Crippen molar-refractivity contribution in [2.24, 2.45) is 5.73 Å². The molecule has 0 aliphatic heterocycles. The first-order valence-electron chi connectivity index (χ1n) is 11.3. The molecule has 2 heterocycles. The van der Waals surface area contributed by atoms with Crippen molar-refractivity contribution in [1.82, 2.24) is 4.98 Å². The summed E-state index contributed by atoms with van der Waals surface area (Å²) in [6, 6.07) is 7.54. The van der Waals surface area contributed by atoms with E-state index in [4.69, 9.17) is 15.5 Å². The van der Waals surface area contributed by atoms with E-state index in [-0.39, 0.29) is 0 Å². The van der Waals surface area contributed by atoms with Crippen LogP contribution < -0.4 is 11.1 Å². The Morgan fingerprint density at radius 1 is 0.970 bits per heavy atom. The van der Waals surface area contributed by atoms with Crippen molar-refractivity contribution in [1.29, 1.82) is 0 Å². The number of ether oxygens (including phenoxy) is 1. The van der Waals surface area contributed by atoms with Crippen molar-refractivity contribution in [3.63, 3.8) is 0 Å². The van der Waals surface area contributed by atoms with Gasteiger partial charge in [-0.1, -0.05) is 24.6 Å². The number of thiophene rings is 1. The van der Waals surface area contributed by atoms with Crippen LogP contribution in [0.2, 0.25) is 0 Å². The van der Waals surface area contributed by atoms with E-state index in [1.54, 1.807) is 0 Å². The first-order chi connectivity index (χ1) is 16.0. The van der Waals surface area contributed by atoms with Crippen molar-refractivity contribution in [2.75, 3.05) is 11.9 Å². The molecule has 0 saturated carbocycles. The number of hydrogen-bond donors (Lipinski definition) is 2. The maximum absolute atomic E-state index is 13.2. The number of esters is 1. The summed E-state index contributed by atoms with van der Waals surface area (Å²) in [5, 5.41) is 3.91. The average Bonchev–Trinajstić information content (AvgIpc) is 3.28. The summed E-state index contributed by atoms with van der Waals surface area (Å²) < 4.78 is 5.46. The molecule has 0 unspecified atom stereocenters. The molecular formula is C25H25N3O4S. The van der Waals surface area contributed by atoms with Crippen LogP contribution in [0.3, 0.4) is 0 Å². The van der Waals surface area contributed by atoms with Gasteiger partial charge in [0, 0.05) is 16.0 Å². The van der Waals surface area contributed by atoms with E-state index >= 15 is 0 Å². The van der Waals surface area contributed by atoms with Gasteiger partial charge in [0.1, 0.15) is 5.00 Å². The number of nitrogens with zero attached hydrogens (tertiary/aromatic N) is 1. The summed E-state index contributed by atoms with van der Waals surface area (Å²) in [5.74, 6) is -1.56. The van der Waals surface area contributed by atoms with Crippen LogP contribution in [0.5, 0.6) is 0 Å². The Morgan fingerprint density at radius 2 is 1.76 bits per heavy atom. The second-order valence-electron chi connectivity index (χ2n) is 8.54. The molecule has 7 nitrogen and oxygen atoms in total. The number of aryl methyl sites for hydroxylation is 2. The van der Waals surface area contributed by atoms with Crippen LogP contribution in [0.1, 0.15) is 68.1 Å². The quantitative estimate of drug-likeness (QED) is 0.440. The molecule has 2 aliphatic rings. The highest BCUT2D eigenvalue weighted by molar-refractivity contribution is 7.17. The number of nitrogens with two attached hydrogens (primary N) is 1. The fourth-order valence-electron chi connectivity index (χ4n) is 4.90. The number of benzene rings is 1. The molecule has 0 fully saturated rings. The van der Waals surface area contributed by atoms with Crippen molar-refractivity contribution in [3.8, 4) is 0 Å². The minimum atomic E-state index is -0.548. The molecule has 0 atom stereocenters. The lowest BCUT2D eigenvalue weighted by Gasteiger charge is -2.15. The molecule has 3 N–H and O–H groups in total. The molecular weight excluding hydrogens is 438 g/mol. The van der Waals surface area contributed by atoms with Gasteiger partial charge in [0.15, 0.2) is 6.61 Å². The van der Waals surface area contributed by atoms with Gasteiger partial charge in [-0.3, -0.25) is 14.6 Å². The van der Waals surface area contributed by atoms with E-state index in [1.807, 2.05) is 24.3 Å². The lowest BCUT2D eigenvalue weighted by molar-refractivity contribution is -0.119. The van der Waals surface area contributed by atoms with Crippen LogP contribution in [-0.2, 0) is 35.2 Å². The standard InChI is InChI=1S/C25H25N3O4S/c26-23(30)22-16-9-6-12-19(16)33-24(22)28-20(29)13-32-25(31)21-14-7-2-1-3-10-17(14)27-18-11-5-4-8-15(18)21/h4-5,8,11H,1-3,6-7,9-10,12-13H2,(H2,26,30)(H,28,29). The van der Waals surface area contributed by atoms with Gasteiger partial charge in [-0.2, -0.15) is 0 Å². The predicted octanol–water partition coefficient (Wildman–Crippen LogP) is 3.95. The third kappa shape index (κ3) is 4.11. The van der Waals surface area contributed by atoms with E-state index in [1.165, 1.54) is 11.3 Å². The van der Waals surface area contributed by atoms with E-state index in [2.05, 4.69) is 5.32 Å². The molecule has 5 rings (SSSR count). The molecule has 2 amide bonds. The molecule has 8 heteroatoms. The Morgan fingerprint density at radius 3 is 2.61 bits per heavy atom. The van der Waals surface area contributed by atoms with Gasteiger partial charge in [0.05, 0.1) is 16.6 Å². The lowest BCUT2D eigenvalue weighted by Crippen LogP contribution is -2.23. The number of primary amides is 1. The number of anilines is 1. The van der Waals surface area contributed by atoms with Gasteiger partial charge in [0.2, 0.25) is 0 Å². The second kappa shape index (κ2) is 8.94. The monoisotopic (exact) mass is 463 g/mol. The number of nitrogens with one attached hydrogen (secondary N) is 1. The second-order valence-corrected chi connectivity index (χ2v) is 9.65. The Kier molecular flexibility index (Phi) is 5.85. The molecule has 0 saturated heterocycles. The maximum Gasteiger partial charge on any atom is 0.339 e. The average molecular weight is 464 g/mol. The van der Waals surface area contributed by atoms with Crippen LogP contribution in [0.4, 0.5) is 5.00 Å². The maximum atomic E-state index is 13.2. The molecule has 3 aromatic rings. The summed E-state index contributed by atoms with van der Waals surface area (Å²) in [6.07, 6.45) is 7.38. The minimum absolute atomic E-state index is 0.387. The number of amides is 2. The van der Waals surface area contributed by atoms with Gasteiger partial charge in [0.25, 0.3) is 11.8 Å². The third-order valence-corrected chi connectivity index (χ3v) is 7.59. The number of aromatic nitrogens is 1. The zero-order valence-electron chi connectivity index (χ0n) is 18.2. The number of fused-ring (bicyclic) bond motifs is 3. The number of carbonyl (C=O) groups is 3. The van der Waals surface area contributed by atoms with E-state index in [0.717, 1.165) is 84.0 Å². The van der Waals surface area contributed by atoms with Crippen LogP contribution in [0, 0.1) is 0 Å². The van der Waals surface area contributed by atoms with Gasteiger partial charge in [-0.15, -0.1) is 11.3 Å². The topological polar surface area (TPSA) is 111 Å². The van der Waals surface area contributed by atoms with Gasteiger partial charge >= 0.3 is 5.97 Å². The van der Waals surface area contributed by atoms with Gasteiger partial charge < -0.3 is 15.8 Å². The Balaban J connectivity index is 1.36. The number of pyridine rings is 1. The highest BCUT2D eigenvalue weighted by Crippen LogP contribution is 2.38. The van der Waals surface area contributed by atoms with Gasteiger partial charge in [-0.25, -0.2) is 4.79 Å². The summed E-state index contributed by atoms with van der Waals surface area (Å²) in [7, 11) is 0. The fourth-order valence-corrected chi connectivity index (χ4v) is 6.21. The third-order valence-electron chi connectivity index (χ3n) is 6.38. The highest BCUT2D eigenvalue weighted by Gasteiger charge is 2.27. The summed E-state index contributed by atoms with van der Waals surface area (Å²) in [6.45, 7) is -0.439. The van der Waals surface area contributed by atoms with Crippen LogP contribution in [0.15, 0.2) is 24.3 Å². The number of carbonyl (C=O) groups excluding carboxylic acids is 3. The van der Waals surface area contributed by atoms with Crippen molar-refractivity contribution < 1.29 is 19.1 Å². The zero-order chi connectivity index (χ0) is 22.9. The minimum Gasteiger partial charge on any atom is -0.452 e. The Labute approximate surface area is 195 Å². The van der Waals surface area contributed by atoms with E-state index in [0.29, 0.717) is 16.1 Å². The molecule has 0 bridgehead atoms. The van der Waals surface area contributed by atoms with E-state index in [9.17, 15) is 14.4 Å². The summed E-state index contributed by atoms with van der Waals surface area (Å²) in [4.78, 5) is 43.6. The Bertz CT molecular complexity index is 1280. The van der Waals surface area contributed by atoms with Crippen LogP contribution in [-0.4, -0.2) is 29.4 Å². The normalized spacial score (nSPS) is 14.9. The van der Waals surface area contributed by atoms with Crippen LogP contribution >= 0.6 is 11.3 Å². The molecule has 0 radical (unpaired) electrons. The van der Waals surface area contributed by atoms with Crippen molar-refractivity contribution in [3.05, 3.63) is 57.1 Å². The molecule has 170 valence electrons. The smallest absolute Gasteiger partial charge is 0.339 e. The number of hydrogen-bond acceptors (Lipinski definition) is 6. The molecule has 2 aromatic heterocycles. The molecule has 1 aromatic carbocycles. The van der Waals surface area contributed by atoms with E-state index < -0.39 is 24.4 Å². The van der Waals surface area contributed by atoms with Gasteiger partial charge in [-0.05, 0) is 62.1 Å². The lowest BCUT2D eigenvalue weighted by atomic mass is 9.97. The number of rotatable bonds is 5. The predicted molar refractivity (Wildman–Crippen MR) is 127 cm³/mol. The molecule has 0 spiro atoms. The SMILES string of the molecule is NC(=O)c1c(NC(=O)COC(=O)c2c3c(nc4ccccc24)CCCCC3)sc2c1CCC2. The van der Waals surface area contributed by atoms with Crippen molar-refractivity contribution in [2.45, 2.75) is 51.4 Å².